The predicted molar refractivity (Wildman–Crippen MR) is 69.5 cm³/mol. The fraction of sp³-hybridized carbons (Fsp3) is 0.462. The molecule has 0 fully saturated rings. The molecule has 1 atom stereocenters. The molecule has 0 aliphatic rings. The van der Waals surface area contributed by atoms with Crippen LogP contribution in [0.4, 0.5) is 5.69 Å². The summed E-state index contributed by atoms with van der Waals surface area (Å²) in [5.41, 5.74) is 0.915. The lowest BCUT2D eigenvalue weighted by molar-refractivity contribution is 0.0697. The lowest BCUT2D eigenvalue weighted by atomic mass is 10.1. The van der Waals surface area contributed by atoms with Crippen molar-refractivity contribution in [1.82, 2.24) is 0 Å². The Hall–Kier alpha value is -1.75. The molecule has 1 unspecified atom stereocenters. The second-order valence-electron chi connectivity index (χ2n) is 4.05. The van der Waals surface area contributed by atoms with Gasteiger partial charge in [0.2, 0.25) is 0 Å². The van der Waals surface area contributed by atoms with Crippen molar-refractivity contribution in [1.29, 1.82) is 0 Å². The molecule has 2 N–H and O–H groups in total. The maximum Gasteiger partial charge on any atom is 0.335 e. The average Bonchev–Trinajstić information content (AvgIpc) is 2.36. The molecule has 0 spiro atoms. The molecule has 5 heteroatoms. The molecule has 0 radical (unpaired) electrons. The summed E-state index contributed by atoms with van der Waals surface area (Å²) in [6, 6.07) is 4.91. The Morgan fingerprint density at radius 3 is 2.72 bits per heavy atom. The Kier molecular flexibility index (Phi) is 5.45. The number of anilines is 1. The highest BCUT2D eigenvalue weighted by atomic mass is 16.5. The van der Waals surface area contributed by atoms with Gasteiger partial charge in [-0.25, -0.2) is 4.79 Å². The van der Waals surface area contributed by atoms with Crippen LogP contribution in [0.25, 0.3) is 0 Å². The first-order chi connectivity index (χ1) is 8.58. The molecule has 1 aromatic rings. The summed E-state index contributed by atoms with van der Waals surface area (Å²) in [5, 5.41) is 12.2. The van der Waals surface area contributed by atoms with Gasteiger partial charge < -0.3 is 19.9 Å². The molecule has 0 amide bonds. The second kappa shape index (κ2) is 6.86. The third-order valence-corrected chi connectivity index (χ3v) is 2.60. The van der Waals surface area contributed by atoms with Crippen molar-refractivity contribution in [2.24, 2.45) is 0 Å². The van der Waals surface area contributed by atoms with E-state index in [2.05, 4.69) is 5.32 Å². The fourth-order valence-corrected chi connectivity index (χ4v) is 1.59. The van der Waals surface area contributed by atoms with Crippen molar-refractivity contribution in [3.8, 4) is 5.75 Å². The Morgan fingerprint density at radius 2 is 2.17 bits per heavy atom. The van der Waals surface area contributed by atoms with Gasteiger partial charge in [-0.05, 0) is 31.5 Å². The summed E-state index contributed by atoms with van der Waals surface area (Å²) in [5.74, 6) is -0.325. The number of nitrogens with one attached hydrogen (secondary N) is 1. The quantitative estimate of drug-likeness (QED) is 0.780. The zero-order valence-electron chi connectivity index (χ0n) is 10.9. The molecule has 1 aromatic carbocycles. The average molecular weight is 253 g/mol. The molecular weight excluding hydrogens is 234 g/mol. The van der Waals surface area contributed by atoms with Crippen LogP contribution in [0.3, 0.4) is 0 Å². The molecule has 0 heterocycles. The number of ether oxygens (including phenoxy) is 2. The van der Waals surface area contributed by atoms with E-state index < -0.39 is 5.97 Å². The minimum Gasteiger partial charge on any atom is -0.495 e. The molecule has 0 aliphatic carbocycles. The zero-order chi connectivity index (χ0) is 13.5. The van der Waals surface area contributed by atoms with Gasteiger partial charge in [-0.15, -0.1) is 0 Å². The van der Waals surface area contributed by atoms with Crippen LogP contribution in [0, 0.1) is 0 Å². The molecule has 18 heavy (non-hydrogen) atoms. The standard InChI is InChI=1S/C13H19NO4/c1-9(6-7-17-2)14-11-8-10(13(15)16)4-5-12(11)18-3/h4-5,8-9,14H,6-7H2,1-3H3,(H,15,16). The lowest BCUT2D eigenvalue weighted by Crippen LogP contribution is -2.18. The normalized spacial score (nSPS) is 11.9. The molecule has 0 saturated carbocycles. The van der Waals surface area contributed by atoms with Crippen LogP contribution in [0.15, 0.2) is 18.2 Å². The number of carboxylic acids is 1. The largest absolute Gasteiger partial charge is 0.495 e. The van der Waals surface area contributed by atoms with Gasteiger partial charge in [0.1, 0.15) is 5.75 Å². The number of carbonyl (C=O) groups is 1. The van der Waals surface area contributed by atoms with Crippen LogP contribution in [-0.4, -0.2) is 37.9 Å². The van der Waals surface area contributed by atoms with Crippen LogP contribution in [0.5, 0.6) is 5.75 Å². The SMILES string of the molecule is COCCC(C)Nc1cc(C(=O)O)ccc1OC. The zero-order valence-corrected chi connectivity index (χ0v) is 10.9. The Balaban J connectivity index is 2.84. The lowest BCUT2D eigenvalue weighted by Gasteiger charge is -2.17. The van der Waals surface area contributed by atoms with E-state index in [1.807, 2.05) is 6.92 Å². The number of rotatable bonds is 7. The number of aromatic carboxylic acids is 1. The van der Waals surface area contributed by atoms with Gasteiger partial charge >= 0.3 is 5.97 Å². The number of methoxy groups -OCH3 is 2. The number of benzene rings is 1. The number of carboxylic acid groups (broad SMARTS) is 1. The summed E-state index contributed by atoms with van der Waals surface area (Å²) in [4.78, 5) is 10.9. The topological polar surface area (TPSA) is 67.8 Å². The van der Waals surface area contributed by atoms with Gasteiger partial charge in [0.05, 0.1) is 18.4 Å². The Bertz CT molecular complexity index is 406. The Morgan fingerprint density at radius 1 is 1.44 bits per heavy atom. The van der Waals surface area contributed by atoms with Gasteiger partial charge in [0.25, 0.3) is 0 Å². The maximum atomic E-state index is 10.9. The minimum atomic E-state index is -0.953. The highest BCUT2D eigenvalue weighted by molar-refractivity contribution is 5.89. The molecular formula is C13H19NO4. The van der Waals surface area contributed by atoms with Gasteiger partial charge in [-0.2, -0.15) is 0 Å². The summed E-state index contributed by atoms with van der Waals surface area (Å²) in [7, 11) is 3.21. The monoisotopic (exact) mass is 253 g/mol. The molecule has 0 aliphatic heterocycles. The third-order valence-electron chi connectivity index (χ3n) is 2.60. The summed E-state index contributed by atoms with van der Waals surface area (Å²) < 4.78 is 10.2. The van der Waals surface area contributed by atoms with E-state index in [0.717, 1.165) is 6.42 Å². The number of hydrogen-bond acceptors (Lipinski definition) is 4. The molecule has 0 bridgehead atoms. The van der Waals surface area contributed by atoms with Crippen LogP contribution < -0.4 is 10.1 Å². The van der Waals surface area contributed by atoms with Crippen molar-refractivity contribution in [3.63, 3.8) is 0 Å². The molecule has 100 valence electrons. The predicted octanol–water partition coefficient (Wildman–Crippen LogP) is 2.23. The highest BCUT2D eigenvalue weighted by Crippen LogP contribution is 2.26. The Labute approximate surface area is 107 Å². The van der Waals surface area contributed by atoms with E-state index in [4.69, 9.17) is 14.6 Å². The van der Waals surface area contributed by atoms with E-state index in [-0.39, 0.29) is 11.6 Å². The van der Waals surface area contributed by atoms with Crippen LogP contribution in [-0.2, 0) is 4.74 Å². The minimum absolute atomic E-state index is 0.169. The second-order valence-corrected chi connectivity index (χ2v) is 4.05. The van der Waals surface area contributed by atoms with E-state index in [0.29, 0.717) is 18.0 Å². The smallest absolute Gasteiger partial charge is 0.335 e. The van der Waals surface area contributed by atoms with Crippen LogP contribution in [0.2, 0.25) is 0 Å². The molecule has 0 aromatic heterocycles. The molecule has 5 nitrogen and oxygen atoms in total. The van der Waals surface area contributed by atoms with E-state index in [1.54, 1.807) is 26.4 Å². The summed E-state index contributed by atoms with van der Waals surface area (Å²) in [6.45, 7) is 2.65. The van der Waals surface area contributed by atoms with Crippen molar-refractivity contribution in [2.45, 2.75) is 19.4 Å². The number of hydrogen-bond donors (Lipinski definition) is 2. The van der Waals surface area contributed by atoms with Crippen molar-refractivity contribution >= 4 is 11.7 Å². The first kappa shape index (κ1) is 14.3. The van der Waals surface area contributed by atoms with Crippen molar-refractivity contribution in [3.05, 3.63) is 23.8 Å². The van der Waals surface area contributed by atoms with Gasteiger partial charge in [-0.1, -0.05) is 0 Å². The molecule has 1 rings (SSSR count). The first-order valence-corrected chi connectivity index (χ1v) is 5.75. The van der Waals surface area contributed by atoms with Gasteiger partial charge in [-0.3, -0.25) is 0 Å². The van der Waals surface area contributed by atoms with Gasteiger partial charge in [0.15, 0.2) is 0 Å². The van der Waals surface area contributed by atoms with Crippen molar-refractivity contribution < 1.29 is 19.4 Å². The van der Waals surface area contributed by atoms with Gasteiger partial charge in [0, 0.05) is 19.8 Å². The van der Waals surface area contributed by atoms with E-state index in [1.165, 1.54) is 6.07 Å². The van der Waals surface area contributed by atoms with E-state index >= 15 is 0 Å². The third kappa shape index (κ3) is 3.92. The maximum absolute atomic E-state index is 10.9. The van der Waals surface area contributed by atoms with Crippen LogP contribution in [0.1, 0.15) is 23.7 Å². The first-order valence-electron chi connectivity index (χ1n) is 5.75. The summed E-state index contributed by atoms with van der Waals surface area (Å²) in [6.07, 6.45) is 0.830. The fourth-order valence-electron chi connectivity index (χ4n) is 1.59. The summed E-state index contributed by atoms with van der Waals surface area (Å²) >= 11 is 0. The highest BCUT2D eigenvalue weighted by Gasteiger charge is 2.11. The molecule has 0 saturated heterocycles. The van der Waals surface area contributed by atoms with Crippen molar-refractivity contribution in [2.75, 3.05) is 26.1 Å². The van der Waals surface area contributed by atoms with Crippen LogP contribution >= 0.6 is 0 Å². The van der Waals surface area contributed by atoms with E-state index in [9.17, 15) is 4.79 Å².